The van der Waals surface area contributed by atoms with Crippen LogP contribution in [0.15, 0.2) is 6.07 Å². The van der Waals surface area contributed by atoms with E-state index < -0.39 is 5.41 Å². The molecule has 1 fully saturated rings. The minimum absolute atomic E-state index is 0.0335. The van der Waals surface area contributed by atoms with Gasteiger partial charge in [-0.1, -0.05) is 20.8 Å². The van der Waals surface area contributed by atoms with Crippen molar-refractivity contribution in [1.82, 2.24) is 15.1 Å². The van der Waals surface area contributed by atoms with E-state index in [0.717, 1.165) is 56.1 Å². The highest BCUT2D eigenvalue weighted by Crippen LogP contribution is 2.28. The average molecular weight is 409 g/mol. The molecule has 0 spiro atoms. The fourth-order valence-corrected chi connectivity index (χ4v) is 4.13. The highest BCUT2D eigenvalue weighted by Gasteiger charge is 2.24. The van der Waals surface area contributed by atoms with Gasteiger partial charge in [-0.05, 0) is 64.5 Å². The maximum absolute atomic E-state index is 12.6. The standard InChI is InChI=1S/C21H36N4O2S/c1-15-13-17(23-20(27)21(2,3)4)28-18(15)19(26)22-14-16-7-9-25(10-8-16)12-11-24(5)6/h13,16H,7-12,14H2,1-6H3,(H,22,26)(H,23,27). The maximum atomic E-state index is 12.6. The molecule has 0 aliphatic carbocycles. The van der Waals surface area contributed by atoms with Crippen molar-refractivity contribution >= 4 is 28.2 Å². The molecule has 0 aromatic carbocycles. The van der Waals surface area contributed by atoms with Crippen LogP contribution in [-0.2, 0) is 4.79 Å². The summed E-state index contributed by atoms with van der Waals surface area (Å²) in [5.41, 5.74) is 0.451. The molecule has 1 aliphatic heterocycles. The van der Waals surface area contributed by atoms with Crippen molar-refractivity contribution in [1.29, 1.82) is 0 Å². The lowest BCUT2D eigenvalue weighted by Crippen LogP contribution is -2.41. The van der Waals surface area contributed by atoms with Gasteiger partial charge in [0.15, 0.2) is 0 Å². The van der Waals surface area contributed by atoms with Crippen LogP contribution in [0.5, 0.6) is 0 Å². The predicted molar refractivity (Wildman–Crippen MR) is 117 cm³/mol. The first-order valence-electron chi connectivity index (χ1n) is 10.1. The first kappa shape index (κ1) is 22.8. The molecule has 1 saturated heterocycles. The normalized spacial score (nSPS) is 16.4. The molecule has 0 radical (unpaired) electrons. The Hall–Kier alpha value is -1.44. The van der Waals surface area contributed by atoms with Gasteiger partial charge in [-0.3, -0.25) is 9.59 Å². The molecule has 1 aromatic heterocycles. The van der Waals surface area contributed by atoms with E-state index in [1.807, 2.05) is 33.8 Å². The number of rotatable bonds is 7. The summed E-state index contributed by atoms with van der Waals surface area (Å²) >= 11 is 1.35. The number of carbonyl (C=O) groups is 2. The summed E-state index contributed by atoms with van der Waals surface area (Å²) in [5.74, 6) is 0.468. The SMILES string of the molecule is Cc1cc(NC(=O)C(C)(C)C)sc1C(=O)NCC1CCN(CCN(C)C)CC1. The van der Waals surface area contributed by atoms with Gasteiger partial charge in [0, 0.05) is 25.0 Å². The van der Waals surface area contributed by atoms with E-state index in [9.17, 15) is 9.59 Å². The Morgan fingerprint density at radius 3 is 2.46 bits per heavy atom. The van der Waals surface area contributed by atoms with Crippen molar-refractivity contribution in [3.05, 3.63) is 16.5 Å². The van der Waals surface area contributed by atoms with E-state index >= 15 is 0 Å². The van der Waals surface area contributed by atoms with Crippen LogP contribution in [0.3, 0.4) is 0 Å². The molecule has 2 rings (SSSR count). The molecular formula is C21H36N4O2S. The number of likely N-dealkylation sites (N-methyl/N-ethyl adjacent to an activating group) is 1. The van der Waals surface area contributed by atoms with E-state index in [0.29, 0.717) is 10.8 Å². The molecular weight excluding hydrogens is 372 g/mol. The second-order valence-electron chi connectivity index (χ2n) is 9.13. The monoisotopic (exact) mass is 408 g/mol. The van der Waals surface area contributed by atoms with E-state index in [2.05, 4.69) is 34.5 Å². The number of carbonyl (C=O) groups excluding carboxylic acids is 2. The number of thiophene rings is 1. The Bertz CT molecular complexity index is 670. The zero-order chi connectivity index (χ0) is 20.9. The van der Waals surface area contributed by atoms with Crippen molar-refractivity contribution in [2.24, 2.45) is 11.3 Å². The molecule has 6 nitrogen and oxygen atoms in total. The molecule has 0 bridgehead atoms. The molecule has 1 aromatic rings. The molecule has 7 heteroatoms. The Kier molecular flexibility index (Phi) is 8.04. The van der Waals surface area contributed by atoms with E-state index in [1.165, 1.54) is 11.3 Å². The predicted octanol–water partition coefficient (Wildman–Crippen LogP) is 3.04. The molecule has 0 atom stereocenters. The van der Waals surface area contributed by atoms with E-state index in [4.69, 9.17) is 0 Å². The van der Waals surface area contributed by atoms with Crippen LogP contribution in [0.2, 0.25) is 0 Å². The summed E-state index contributed by atoms with van der Waals surface area (Å²) in [5, 5.41) is 6.76. The third kappa shape index (κ3) is 6.87. The van der Waals surface area contributed by atoms with Crippen LogP contribution in [0.4, 0.5) is 5.00 Å². The van der Waals surface area contributed by atoms with Gasteiger partial charge in [-0.15, -0.1) is 11.3 Å². The maximum Gasteiger partial charge on any atom is 0.261 e. The van der Waals surface area contributed by atoms with Crippen LogP contribution in [-0.4, -0.2) is 68.4 Å². The topological polar surface area (TPSA) is 64.7 Å². The second kappa shape index (κ2) is 9.85. The number of aryl methyl sites for hydroxylation is 1. The fourth-order valence-electron chi connectivity index (χ4n) is 3.14. The van der Waals surface area contributed by atoms with Crippen molar-refractivity contribution in [3.8, 4) is 0 Å². The minimum atomic E-state index is -0.457. The number of nitrogens with zero attached hydrogens (tertiary/aromatic N) is 2. The van der Waals surface area contributed by atoms with Crippen LogP contribution in [0.25, 0.3) is 0 Å². The van der Waals surface area contributed by atoms with Crippen LogP contribution in [0, 0.1) is 18.3 Å². The molecule has 28 heavy (non-hydrogen) atoms. The van der Waals surface area contributed by atoms with Crippen molar-refractivity contribution in [3.63, 3.8) is 0 Å². The third-order valence-electron chi connectivity index (χ3n) is 5.16. The number of hydrogen-bond acceptors (Lipinski definition) is 5. The van der Waals surface area contributed by atoms with Gasteiger partial charge in [0.05, 0.1) is 9.88 Å². The van der Waals surface area contributed by atoms with Gasteiger partial charge >= 0.3 is 0 Å². The van der Waals surface area contributed by atoms with Gasteiger partial charge in [0.2, 0.25) is 5.91 Å². The summed E-state index contributed by atoms with van der Waals surface area (Å²) in [6, 6.07) is 1.88. The lowest BCUT2D eigenvalue weighted by Gasteiger charge is -2.32. The fraction of sp³-hybridized carbons (Fsp3) is 0.714. The van der Waals surface area contributed by atoms with Crippen molar-refractivity contribution in [2.75, 3.05) is 52.1 Å². The van der Waals surface area contributed by atoms with Crippen LogP contribution in [0.1, 0.15) is 48.8 Å². The lowest BCUT2D eigenvalue weighted by molar-refractivity contribution is -0.123. The molecule has 158 valence electrons. The van der Waals surface area contributed by atoms with E-state index in [-0.39, 0.29) is 11.8 Å². The molecule has 1 aliphatic rings. The second-order valence-corrected chi connectivity index (χ2v) is 10.2. The first-order chi connectivity index (χ1) is 13.1. The van der Waals surface area contributed by atoms with Gasteiger partial charge in [0.1, 0.15) is 0 Å². The number of hydrogen-bond donors (Lipinski definition) is 2. The summed E-state index contributed by atoms with van der Waals surface area (Å²) in [4.78, 5) is 30.2. The average Bonchev–Trinajstić information content (AvgIpc) is 2.98. The van der Waals surface area contributed by atoms with E-state index in [1.54, 1.807) is 0 Å². The molecule has 2 amide bonds. The quantitative estimate of drug-likeness (QED) is 0.728. The van der Waals surface area contributed by atoms with Crippen LogP contribution >= 0.6 is 11.3 Å². The summed E-state index contributed by atoms with van der Waals surface area (Å²) < 4.78 is 0. The number of likely N-dealkylation sites (tertiary alicyclic amines) is 1. The largest absolute Gasteiger partial charge is 0.351 e. The first-order valence-corrected chi connectivity index (χ1v) is 10.9. The Labute approximate surface area is 173 Å². The van der Waals surface area contributed by atoms with Crippen LogP contribution < -0.4 is 10.6 Å². The minimum Gasteiger partial charge on any atom is -0.351 e. The highest BCUT2D eigenvalue weighted by molar-refractivity contribution is 7.18. The third-order valence-corrected chi connectivity index (χ3v) is 6.32. The summed E-state index contributed by atoms with van der Waals surface area (Å²) in [6.45, 7) is 12.7. The number of nitrogens with one attached hydrogen (secondary N) is 2. The number of anilines is 1. The number of piperidine rings is 1. The summed E-state index contributed by atoms with van der Waals surface area (Å²) in [6.07, 6.45) is 2.26. The molecule has 0 saturated carbocycles. The zero-order valence-corrected chi connectivity index (χ0v) is 19.0. The highest BCUT2D eigenvalue weighted by atomic mass is 32.1. The Morgan fingerprint density at radius 1 is 1.25 bits per heavy atom. The van der Waals surface area contributed by atoms with Crippen molar-refractivity contribution < 1.29 is 9.59 Å². The Morgan fingerprint density at radius 2 is 1.89 bits per heavy atom. The van der Waals surface area contributed by atoms with Crippen molar-refractivity contribution in [2.45, 2.75) is 40.5 Å². The zero-order valence-electron chi connectivity index (χ0n) is 18.2. The van der Waals surface area contributed by atoms with Gasteiger partial charge < -0.3 is 20.4 Å². The Balaban J connectivity index is 1.80. The molecule has 0 unspecified atom stereocenters. The summed E-state index contributed by atoms with van der Waals surface area (Å²) in [7, 11) is 4.21. The number of amides is 2. The van der Waals surface area contributed by atoms with Gasteiger partial charge in [-0.2, -0.15) is 0 Å². The molecule has 2 N–H and O–H groups in total. The van der Waals surface area contributed by atoms with Gasteiger partial charge in [-0.25, -0.2) is 0 Å². The lowest BCUT2D eigenvalue weighted by atomic mass is 9.96. The smallest absolute Gasteiger partial charge is 0.261 e. The van der Waals surface area contributed by atoms with Gasteiger partial charge in [0.25, 0.3) is 5.91 Å². The molecule has 2 heterocycles.